The van der Waals surface area contributed by atoms with Crippen LogP contribution < -0.4 is 4.90 Å². The molecule has 0 saturated carbocycles. The fourth-order valence-corrected chi connectivity index (χ4v) is 4.91. The first kappa shape index (κ1) is 24.0. The van der Waals surface area contributed by atoms with Crippen LogP contribution in [0.15, 0.2) is 78.9 Å². The second kappa shape index (κ2) is 11.3. The van der Waals surface area contributed by atoms with Gasteiger partial charge in [0.1, 0.15) is 5.69 Å². The molecule has 5 nitrogen and oxygen atoms in total. The minimum Gasteiger partial charge on any atom is -0.353 e. The molecule has 2 heterocycles. The molecule has 4 aromatic rings. The van der Waals surface area contributed by atoms with E-state index in [2.05, 4.69) is 36.1 Å². The number of unbranched alkanes of at least 4 members (excludes halogenated alkanes) is 2. The number of nitrogens with zero attached hydrogens (tertiary/aromatic N) is 4. The highest BCUT2D eigenvalue weighted by molar-refractivity contribution is 5.94. The number of amides is 1. The third kappa shape index (κ3) is 5.40. The van der Waals surface area contributed by atoms with Crippen molar-refractivity contribution < 1.29 is 4.79 Å². The first-order valence-electron chi connectivity index (χ1n) is 13.2. The number of hydrogen-bond acceptors (Lipinski definition) is 4. The molecular weight excluding hydrogens is 444 g/mol. The van der Waals surface area contributed by atoms with E-state index < -0.39 is 0 Å². The maximum atomic E-state index is 13.3. The van der Waals surface area contributed by atoms with Gasteiger partial charge in [-0.15, -0.1) is 0 Å². The van der Waals surface area contributed by atoms with Gasteiger partial charge in [0.2, 0.25) is 0 Å². The van der Waals surface area contributed by atoms with Crippen LogP contribution in [0.5, 0.6) is 0 Å². The Morgan fingerprint density at radius 1 is 0.778 bits per heavy atom. The van der Waals surface area contributed by atoms with E-state index in [1.807, 2.05) is 59.5 Å². The SMILES string of the molecule is CCCCCc1ccc(C(=O)N2CCCN(c3nc4ccccc4nc3-c3ccccc3)CC2)cc1. The zero-order chi connectivity index (χ0) is 24.7. The largest absolute Gasteiger partial charge is 0.353 e. The molecule has 0 N–H and O–H groups in total. The maximum absolute atomic E-state index is 13.3. The zero-order valence-corrected chi connectivity index (χ0v) is 21.1. The highest BCUT2D eigenvalue weighted by Crippen LogP contribution is 2.30. The van der Waals surface area contributed by atoms with Gasteiger partial charge in [0.25, 0.3) is 5.91 Å². The molecule has 0 atom stereocenters. The van der Waals surface area contributed by atoms with E-state index in [9.17, 15) is 4.79 Å². The van der Waals surface area contributed by atoms with E-state index in [0.29, 0.717) is 6.54 Å². The van der Waals surface area contributed by atoms with Crippen molar-refractivity contribution in [1.29, 1.82) is 0 Å². The summed E-state index contributed by atoms with van der Waals surface area (Å²) in [5, 5.41) is 0. The molecule has 36 heavy (non-hydrogen) atoms. The van der Waals surface area contributed by atoms with Gasteiger partial charge in [-0.1, -0.05) is 74.4 Å². The van der Waals surface area contributed by atoms with E-state index in [-0.39, 0.29) is 5.91 Å². The molecule has 5 rings (SSSR count). The molecule has 1 aliphatic rings. The highest BCUT2D eigenvalue weighted by atomic mass is 16.2. The number of aryl methyl sites for hydroxylation is 1. The first-order chi connectivity index (χ1) is 17.7. The van der Waals surface area contributed by atoms with Crippen molar-refractivity contribution in [2.75, 3.05) is 31.1 Å². The summed E-state index contributed by atoms with van der Waals surface area (Å²) in [7, 11) is 0. The Bertz CT molecular complexity index is 1300. The van der Waals surface area contributed by atoms with Crippen LogP contribution in [0.4, 0.5) is 5.82 Å². The van der Waals surface area contributed by atoms with Crippen LogP contribution >= 0.6 is 0 Å². The molecule has 1 fully saturated rings. The van der Waals surface area contributed by atoms with Crippen molar-refractivity contribution in [3.8, 4) is 11.3 Å². The third-order valence-corrected chi connectivity index (χ3v) is 6.95. The lowest BCUT2D eigenvalue weighted by atomic mass is 10.0. The highest BCUT2D eigenvalue weighted by Gasteiger charge is 2.24. The molecule has 1 saturated heterocycles. The number of benzene rings is 3. The van der Waals surface area contributed by atoms with Crippen LogP contribution in [-0.2, 0) is 6.42 Å². The summed E-state index contributed by atoms with van der Waals surface area (Å²) in [6.07, 6.45) is 5.65. The lowest BCUT2D eigenvalue weighted by molar-refractivity contribution is 0.0767. The third-order valence-electron chi connectivity index (χ3n) is 6.95. The van der Waals surface area contributed by atoms with Gasteiger partial charge in [0.05, 0.1) is 11.0 Å². The van der Waals surface area contributed by atoms with Crippen LogP contribution in [0, 0.1) is 0 Å². The Morgan fingerprint density at radius 3 is 2.25 bits per heavy atom. The number of fused-ring (bicyclic) bond motifs is 1. The normalized spacial score (nSPS) is 14.1. The molecule has 184 valence electrons. The molecule has 0 bridgehead atoms. The lowest BCUT2D eigenvalue weighted by Crippen LogP contribution is -2.35. The number of rotatable bonds is 7. The van der Waals surface area contributed by atoms with Crippen molar-refractivity contribution in [2.24, 2.45) is 0 Å². The number of carbonyl (C=O) groups is 1. The van der Waals surface area contributed by atoms with Crippen molar-refractivity contribution in [1.82, 2.24) is 14.9 Å². The topological polar surface area (TPSA) is 49.3 Å². The summed E-state index contributed by atoms with van der Waals surface area (Å²) < 4.78 is 0. The van der Waals surface area contributed by atoms with Gasteiger partial charge in [-0.25, -0.2) is 9.97 Å². The van der Waals surface area contributed by atoms with Crippen LogP contribution in [0.25, 0.3) is 22.3 Å². The zero-order valence-electron chi connectivity index (χ0n) is 21.1. The van der Waals surface area contributed by atoms with Gasteiger partial charge >= 0.3 is 0 Å². The first-order valence-corrected chi connectivity index (χ1v) is 13.2. The minimum atomic E-state index is 0.116. The summed E-state index contributed by atoms with van der Waals surface area (Å²) >= 11 is 0. The predicted molar refractivity (Wildman–Crippen MR) is 147 cm³/mol. The second-order valence-corrected chi connectivity index (χ2v) is 9.54. The molecule has 3 aromatic carbocycles. The summed E-state index contributed by atoms with van der Waals surface area (Å²) in [5.74, 6) is 1.01. The van der Waals surface area contributed by atoms with Crippen LogP contribution in [0.2, 0.25) is 0 Å². The predicted octanol–water partition coefficient (Wildman–Crippen LogP) is 6.38. The van der Waals surface area contributed by atoms with Gasteiger partial charge in [0, 0.05) is 37.3 Å². The van der Waals surface area contributed by atoms with E-state index >= 15 is 0 Å². The van der Waals surface area contributed by atoms with Crippen molar-refractivity contribution in [3.63, 3.8) is 0 Å². The average Bonchev–Trinajstić information content (AvgIpc) is 3.19. The fraction of sp³-hybridized carbons (Fsp3) is 0.323. The molecule has 5 heteroatoms. The van der Waals surface area contributed by atoms with Crippen LogP contribution in [-0.4, -0.2) is 47.0 Å². The van der Waals surface area contributed by atoms with Gasteiger partial charge in [-0.05, 0) is 49.1 Å². The quantitative estimate of drug-likeness (QED) is 0.289. The monoisotopic (exact) mass is 478 g/mol. The molecule has 0 radical (unpaired) electrons. The molecule has 0 aliphatic carbocycles. The van der Waals surface area contributed by atoms with Gasteiger partial charge < -0.3 is 9.80 Å². The van der Waals surface area contributed by atoms with E-state index in [1.54, 1.807) is 0 Å². The lowest BCUT2D eigenvalue weighted by Gasteiger charge is -2.25. The van der Waals surface area contributed by atoms with Crippen LogP contribution in [0.3, 0.4) is 0 Å². The molecule has 0 unspecified atom stereocenters. The summed E-state index contributed by atoms with van der Waals surface area (Å²) in [6.45, 7) is 5.20. The Labute approximate surface area is 213 Å². The number of carbonyl (C=O) groups excluding carboxylic acids is 1. The second-order valence-electron chi connectivity index (χ2n) is 9.54. The standard InChI is InChI=1S/C31H34N4O/c1-2-3-5-11-24-16-18-26(19-17-24)31(36)35-21-10-20-34(22-23-35)30-29(25-12-6-4-7-13-25)32-27-14-8-9-15-28(27)33-30/h4,6-9,12-19H,2-3,5,10-11,20-23H2,1H3. The summed E-state index contributed by atoms with van der Waals surface area (Å²) in [4.78, 5) is 27.6. The number of para-hydroxylation sites is 2. The number of hydrogen-bond donors (Lipinski definition) is 0. The Hall–Kier alpha value is -3.73. The molecular formula is C31H34N4O. The summed E-state index contributed by atoms with van der Waals surface area (Å²) in [5.41, 5.74) is 5.83. The smallest absolute Gasteiger partial charge is 0.253 e. The van der Waals surface area contributed by atoms with E-state index in [0.717, 1.165) is 66.1 Å². The van der Waals surface area contributed by atoms with Gasteiger partial charge in [0.15, 0.2) is 5.82 Å². The number of aromatic nitrogens is 2. The van der Waals surface area contributed by atoms with Crippen molar-refractivity contribution in [2.45, 2.75) is 39.0 Å². The molecule has 1 aromatic heterocycles. The van der Waals surface area contributed by atoms with E-state index in [4.69, 9.17) is 9.97 Å². The average molecular weight is 479 g/mol. The molecule has 1 aliphatic heterocycles. The fourth-order valence-electron chi connectivity index (χ4n) is 4.91. The Balaban J connectivity index is 1.34. The van der Waals surface area contributed by atoms with Gasteiger partial charge in [-0.3, -0.25) is 4.79 Å². The van der Waals surface area contributed by atoms with E-state index in [1.165, 1.54) is 24.8 Å². The maximum Gasteiger partial charge on any atom is 0.253 e. The van der Waals surface area contributed by atoms with Gasteiger partial charge in [-0.2, -0.15) is 0 Å². The number of anilines is 1. The van der Waals surface area contributed by atoms with Crippen molar-refractivity contribution >= 4 is 22.8 Å². The Morgan fingerprint density at radius 2 is 1.50 bits per heavy atom. The Kier molecular flexibility index (Phi) is 7.55. The summed E-state index contributed by atoms with van der Waals surface area (Å²) in [6, 6.07) is 26.5. The van der Waals surface area contributed by atoms with Crippen LogP contribution in [0.1, 0.15) is 48.5 Å². The molecule has 1 amide bonds. The minimum absolute atomic E-state index is 0.116. The molecule has 0 spiro atoms. The van der Waals surface area contributed by atoms with Crippen molar-refractivity contribution in [3.05, 3.63) is 90.0 Å².